The molecule has 148 heavy (non-hydrogen) atoms. The molecule has 0 radical (unpaired) electrons. The van der Waals surface area contributed by atoms with Crippen LogP contribution in [0.2, 0.25) is 0 Å². The van der Waals surface area contributed by atoms with Crippen molar-refractivity contribution < 1.29 is 87.8 Å². The number of aryl methyl sites for hydroxylation is 3. The summed E-state index contributed by atoms with van der Waals surface area (Å²) in [7, 11) is 0. The van der Waals surface area contributed by atoms with Gasteiger partial charge in [-0.3, -0.25) is 0 Å². The van der Waals surface area contributed by atoms with Crippen LogP contribution in [-0.2, 0) is 12.4 Å². The highest BCUT2D eigenvalue weighted by Gasteiger charge is 2.59. The van der Waals surface area contributed by atoms with Crippen LogP contribution >= 0.6 is 35.3 Å². The van der Waals surface area contributed by atoms with Gasteiger partial charge in [0, 0.05) is 127 Å². The first-order valence-corrected chi connectivity index (χ1v) is 49.4. The smallest absolute Gasteiger partial charge is 0.312 e. The molecule has 0 amide bonds. The third kappa shape index (κ3) is 12.6. The van der Waals surface area contributed by atoms with Crippen molar-refractivity contribution >= 4 is 276 Å². The maximum Gasteiger partial charge on any atom is 0.419 e. The van der Waals surface area contributed by atoms with Gasteiger partial charge < -0.3 is 29.4 Å². The monoisotopic (exact) mass is 2040 g/mol. The summed E-state index contributed by atoms with van der Waals surface area (Å²) in [5.74, 6) is -17.4. The topological polar surface area (TPSA) is 19.4 Å². The zero-order valence-corrected chi connectivity index (χ0v) is 79.0. The lowest BCUT2D eigenvalue weighted by Gasteiger charge is -2.50. The fourth-order valence-electron chi connectivity index (χ4n) is 25.0. The van der Waals surface area contributed by atoms with Crippen LogP contribution in [0.1, 0.15) is 27.8 Å². The number of rotatable bonds is 3. The second kappa shape index (κ2) is 31.9. The predicted molar refractivity (Wildman–Crippen MR) is 551 cm³/mol. The van der Waals surface area contributed by atoms with Crippen molar-refractivity contribution in [1.29, 1.82) is 0 Å². The first-order valence-electron chi connectivity index (χ1n) is 47.0. The molecule has 35 heteroatoms. The van der Waals surface area contributed by atoms with E-state index >= 15 is 57.1 Å². The molecule has 12 aliphatic heterocycles. The molecule has 0 saturated carbocycles. The second-order valence-corrected chi connectivity index (χ2v) is 41.7. The quantitative estimate of drug-likeness (QED) is 0.0739. The molecule has 12 aliphatic rings. The largest absolute Gasteiger partial charge is 0.419 e. The Labute approximate surface area is 844 Å². The van der Waals surface area contributed by atoms with E-state index < -0.39 is 157 Å². The second-order valence-electron chi connectivity index (χ2n) is 38.4. The van der Waals surface area contributed by atoms with Crippen LogP contribution in [0.15, 0.2) is 314 Å². The van der Waals surface area contributed by atoms with E-state index in [1.807, 2.05) is 151 Å². The lowest BCUT2D eigenvalue weighted by atomic mass is 9.29. The lowest BCUT2D eigenvalue weighted by Crippen LogP contribution is -2.68. The molecular weight excluding hydrogens is 1980 g/mol. The van der Waals surface area contributed by atoms with Crippen LogP contribution in [0, 0.1) is 102 Å². The number of benzene rings is 18. The van der Waals surface area contributed by atoms with Gasteiger partial charge in [0.25, 0.3) is 20.1 Å². The molecule has 12 heterocycles. The van der Waals surface area contributed by atoms with E-state index in [4.69, 9.17) is 0 Å². The van der Waals surface area contributed by atoms with E-state index in [9.17, 15) is 30.7 Å². The van der Waals surface area contributed by atoms with Crippen molar-refractivity contribution in [2.24, 2.45) is 0 Å². The fraction of sp³-hybridized carbons (Fsp3) is 0.0442. The van der Waals surface area contributed by atoms with Gasteiger partial charge in [0.05, 0.1) is 16.8 Å². The standard InChI is InChI=1S/C41H26B2F6N2S.C36H14B2F8N2S.C36H16B2F6N2S/c1-21-12-15-30-26(18-21)43-27-19-22(2)13-16-31(27)51-32-17-14-24(40(44,45)46)20-28(32)42-25-9-5-7-11-33(25)52-39-34(41(47,48)49)37(35(43)38(51)36(39)42)50(30)29-10-6-4-8-23(29)3;39-15-5-8-22-19(11-15)37-18-3-1-2-4-26(18)49-27-14-25-28-35(29(27)37)47(22)23-9-6-16(40)12-20(23)38(28)21-13-17(41)7-10-24(21)48(25)36-33(45)31(43)30(42)32(44)34(36)46;39-17-5-8-27-22(11-17)37-21-3-1-2-4-31(21)47-32-16-30-33-36(34(32)37)45(27)28-9-6-18(40)12-23(28)38(33)24-13-19(41)7-10-29(24)46(30)35-25(43)14-20(42)15-26(35)44/h4-20H,1-3H3;1-14H;1-16H. The minimum Gasteiger partial charge on any atom is -0.312 e. The Morgan fingerprint density at radius 1 is 0.209 bits per heavy atom. The van der Waals surface area contributed by atoms with Gasteiger partial charge in [-0.2, -0.15) is 26.3 Å². The Balaban J connectivity index is 0.000000107. The lowest BCUT2D eigenvalue weighted by molar-refractivity contribution is -0.139. The molecule has 18 aromatic carbocycles. The van der Waals surface area contributed by atoms with E-state index in [-0.39, 0.29) is 33.1 Å². The van der Waals surface area contributed by atoms with Crippen LogP contribution in [0.5, 0.6) is 0 Å². The average molecular weight is 2040 g/mol. The Hall–Kier alpha value is -15.2. The van der Waals surface area contributed by atoms with E-state index in [2.05, 4.69) is 6.07 Å². The highest BCUT2D eigenvalue weighted by Crippen LogP contribution is 2.58. The van der Waals surface area contributed by atoms with Gasteiger partial charge in [-0.25, -0.2) is 61.5 Å². The molecule has 0 aromatic heterocycles. The van der Waals surface area contributed by atoms with Crippen LogP contribution < -0.4 is 128 Å². The van der Waals surface area contributed by atoms with E-state index in [0.29, 0.717) is 139 Å². The van der Waals surface area contributed by atoms with Crippen molar-refractivity contribution in [2.45, 2.75) is 62.5 Å². The first-order chi connectivity index (χ1) is 71.2. The van der Waals surface area contributed by atoms with Crippen molar-refractivity contribution in [3.63, 3.8) is 0 Å². The fourth-order valence-corrected chi connectivity index (χ4v) is 28.6. The molecule has 6 nitrogen and oxygen atoms in total. The number of para-hydroxylation sites is 1. The van der Waals surface area contributed by atoms with Gasteiger partial charge in [0.1, 0.15) is 52.1 Å². The number of hydrogen-bond acceptors (Lipinski definition) is 9. The summed E-state index contributed by atoms with van der Waals surface area (Å²) in [6.07, 6.45) is -9.47. The number of anilines is 18. The minimum atomic E-state index is -4.82. The molecule has 714 valence electrons. The predicted octanol–water partition coefficient (Wildman–Crippen LogP) is 20.1. The molecule has 0 N–H and O–H groups in total. The minimum absolute atomic E-state index is 0.0291. The maximum atomic E-state index is 16.3. The summed E-state index contributed by atoms with van der Waals surface area (Å²) in [6, 6.07) is 75.1. The Morgan fingerprint density at radius 2 is 0.514 bits per heavy atom. The third-order valence-electron chi connectivity index (χ3n) is 30.4. The third-order valence-corrected chi connectivity index (χ3v) is 34.0. The molecule has 0 aliphatic carbocycles. The van der Waals surface area contributed by atoms with Crippen LogP contribution in [-0.4, -0.2) is 40.3 Å². The number of halogens is 20. The van der Waals surface area contributed by atoms with Crippen LogP contribution in [0.25, 0.3) is 0 Å². The van der Waals surface area contributed by atoms with E-state index in [1.165, 1.54) is 107 Å². The van der Waals surface area contributed by atoms with Crippen molar-refractivity contribution in [1.82, 2.24) is 0 Å². The summed E-state index contributed by atoms with van der Waals surface area (Å²) >= 11 is 3.90. The first kappa shape index (κ1) is 90.3. The summed E-state index contributed by atoms with van der Waals surface area (Å²) in [5.41, 5.74) is 17.6. The molecule has 0 fully saturated rings. The van der Waals surface area contributed by atoms with Crippen LogP contribution in [0.4, 0.5) is 190 Å². The Morgan fingerprint density at radius 3 is 0.905 bits per heavy atom. The number of nitrogens with zero attached hydrogens (tertiary/aromatic N) is 6. The number of hydrogen-bond donors (Lipinski definition) is 0. The molecule has 0 unspecified atom stereocenters. The maximum absolute atomic E-state index is 16.3. The van der Waals surface area contributed by atoms with Gasteiger partial charge in [0.2, 0.25) is 26.0 Å². The molecule has 0 atom stereocenters. The average Bonchev–Trinajstić information content (AvgIpc) is 0.679. The molecule has 30 rings (SSSR count). The van der Waals surface area contributed by atoms with Gasteiger partial charge in [-0.1, -0.05) is 166 Å². The summed E-state index contributed by atoms with van der Waals surface area (Å²) in [4.78, 5) is 13.6. The molecule has 0 spiro atoms. The van der Waals surface area contributed by atoms with Crippen LogP contribution in [0.3, 0.4) is 0 Å². The highest BCUT2D eigenvalue weighted by molar-refractivity contribution is 8.00. The van der Waals surface area contributed by atoms with Crippen molar-refractivity contribution in [3.8, 4) is 0 Å². The number of fused-ring (bicyclic) bond motifs is 30. The zero-order chi connectivity index (χ0) is 102. The van der Waals surface area contributed by atoms with Crippen molar-refractivity contribution in [3.05, 3.63) is 394 Å². The highest BCUT2D eigenvalue weighted by atomic mass is 32.2. The Kier molecular flexibility index (Phi) is 19.5. The van der Waals surface area contributed by atoms with E-state index in [1.54, 1.807) is 53.4 Å². The Bertz CT molecular complexity index is 9100. The summed E-state index contributed by atoms with van der Waals surface area (Å²) < 4.78 is 304. The normalized spacial score (nSPS) is 14.5. The van der Waals surface area contributed by atoms with Gasteiger partial charge >= 0.3 is 12.4 Å². The van der Waals surface area contributed by atoms with Gasteiger partial charge in [0.15, 0.2) is 34.9 Å². The summed E-state index contributed by atoms with van der Waals surface area (Å²) in [5, 5.41) is 0. The zero-order valence-electron chi connectivity index (χ0n) is 76.6. The van der Waals surface area contributed by atoms with Crippen molar-refractivity contribution in [2.75, 3.05) is 29.4 Å². The van der Waals surface area contributed by atoms with Gasteiger partial charge in [-0.15, -0.1) is 0 Å². The molecular formula is C113H56B6F20N6S3. The van der Waals surface area contributed by atoms with E-state index in [0.717, 1.165) is 116 Å². The summed E-state index contributed by atoms with van der Waals surface area (Å²) in [6.45, 7) is 1.83. The molecule has 0 bridgehead atoms. The number of alkyl halides is 6. The SMILES string of the molecule is Cc1ccc2c(c1)B1c3cc(C)ccc3N(c3ccccc3C)c3c1c1c4c(c3C(F)(F)F)Sc3ccccc3B4c3cc(C(F)(F)F)ccc3N21.Fc1cc(F)c(N2c3ccc(F)cc3B3c4cc(F)ccc4N4c5ccc(F)cc5B5c6ccccc6Sc6cc2c3c4c65)c(F)c1.Fc1ccc2c(c1)B1c3cc(F)ccc3N3c4ccc(F)cc4B4c5ccccc5Sc5cc(c1c3c54)N2c1c(F)c(F)c(F)c(F)c1F. The molecule has 18 aromatic rings. The molecule has 0 saturated heterocycles. The van der Waals surface area contributed by atoms with Gasteiger partial charge in [-0.05, 0) is 278 Å².